The molecule has 3 heterocycles. The van der Waals surface area contributed by atoms with Gasteiger partial charge in [0, 0.05) is 23.6 Å². The molecular formula is C18H20N4O2. The molecule has 24 heavy (non-hydrogen) atoms. The molecule has 1 aliphatic rings. The zero-order valence-corrected chi connectivity index (χ0v) is 13.3. The van der Waals surface area contributed by atoms with E-state index < -0.39 is 0 Å². The molecule has 0 amide bonds. The molecule has 1 aliphatic heterocycles. The van der Waals surface area contributed by atoms with Crippen LogP contribution in [0.4, 0.5) is 0 Å². The molecule has 1 aromatic carbocycles. The largest absolute Gasteiger partial charge is 0.412 e. The van der Waals surface area contributed by atoms with Crippen molar-refractivity contribution >= 4 is 10.8 Å². The Morgan fingerprint density at radius 1 is 1.25 bits per heavy atom. The first-order valence-electron chi connectivity index (χ1n) is 8.29. The highest BCUT2D eigenvalue weighted by molar-refractivity contribution is 5.81. The third-order valence-electron chi connectivity index (χ3n) is 4.80. The van der Waals surface area contributed by atoms with E-state index >= 15 is 0 Å². The van der Waals surface area contributed by atoms with Gasteiger partial charge in [0.1, 0.15) is 0 Å². The van der Waals surface area contributed by atoms with Crippen molar-refractivity contribution < 1.29 is 5.21 Å². The number of benzene rings is 1. The van der Waals surface area contributed by atoms with E-state index in [2.05, 4.69) is 15.4 Å². The van der Waals surface area contributed by atoms with Crippen molar-refractivity contribution in [1.82, 2.24) is 20.2 Å². The smallest absolute Gasteiger partial charge is 0.255 e. The second kappa shape index (κ2) is 6.13. The van der Waals surface area contributed by atoms with Crippen LogP contribution in [-0.4, -0.2) is 33.2 Å². The van der Waals surface area contributed by atoms with Crippen LogP contribution in [0.2, 0.25) is 0 Å². The molecule has 0 saturated carbocycles. The second-order valence-electron chi connectivity index (χ2n) is 6.38. The van der Waals surface area contributed by atoms with E-state index in [1.807, 2.05) is 24.3 Å². The Morgan fingerprint density at radius 3 is 2.92 bits per heavy atom. The van der Waals surface area contributed by atoms with E-state index in [0.29, 0.717) is 17.7 Å². The van der Waals surface area contributed by atoms with Gasteiger partial charge in [-0.25, -0.2) is 0 Å². The van der Waals surface area contributed by atoms with Crippen LogP contribution >= 0.6 is 0 Å². The Bertz CT molecular complexity index is 922. The van der Waals surface area contributed by atoms with Crippen LogP contribution in [0.1, 0.15) is 35.6 Å². The van der Waals surface area contributed by atoms with Crippen molar-refractivity contribution in [2.24, 2.45) is 0 Å². The number of hydrogen-bond acceptors (Lipinski definition) is 4. The average Bonchev–Trinajstić information content (AvgIpc) is 2.96. The van der Waals surface area contributed by atoms with Crippen molar-refractivity contribution in [1.29, 1.82) is 0 Å². The Hall–Kier alpha value is -2.60. The van der Waals surface area contributed by atoms with Gasteiger partial charge in [0.05, 0.1) is 11.9 Å². The molecule has 1 saturated heterocycles. The monoisotopic (exact) mass is 324 g/mol. The highest BCUT2D eigenvalue weighted by atomic mass is 16.5. The summed E-state index contributed by atoms with van der Waals surface area (Å²) in [6.45, 7) is 2.00. The topological polar surface area (TPSA) is 82.9 Å². The Morgan fingerprint density at radius 2 is 2.08 bits per heavy atom. The molecular weight excluding hydrogens is 304 g/mol. The third kappa shape index (κ3) is 2.80. The summed E-state index contributed by atoms with van der Waals surface area (Å²) in [5.74, 6) is 0.436. The lowest BCUT2D eigenvalue weighted by atomic mass is 9.89. The van der Waals surface area contributed by atoms with Gasteiger partial charge in [-0.15, -0.1) is 9.94 Å². The van der Waals surface area contributed by atoms with Gasteiger partial charge in [-0.05, 0) is 54.9 Å². The second-order valence-corrected chi connectivity index (χ2v) is 6.38. The number of aromatic nitrogens is 3. The number of H-pyrrole nitrogens is 1. The molecule has 2 aromatic heterocycles. The fourth-order valence-corrected chi connectivity index (χ4v) is 3.57. The molecule has 3 aromatic rings. The number of rotatable bonds is 3. The minimum atomic E-state index is -0.0749. The number of pyridine rings is 1. The van der Waals surface area contributed by atoms with Crippen LogP contribution in [0.5, 0.6) is 0 Å². The molecule has 1 fully saturated rings. The molecule has 124 valence electrons. The number of fused-ring (bicyclic) bond motifs is 1. The summed E-state index contributed by atoms with van der Waals surface area (Å²) in [5.41, 5.74) is 3.05. The summed E-state index contributed by atoms with van der Waals surface area (Å²) < 4.78 is 0. The first-order valence-corrected chi connectivity index (χ1v) is 8.29. The lowest BCUT2D eigenvalue weighted by molar-refractivity contribution is 0.147. The maximum atomic E-state index is 11.8. The van der Waals surface area contributed by atoms with Gasteiger partial charge in [0.2, 0.25) is 0 Å². The van der Waals surface area contributed by atoms with Crippen molar-refractivity contribution in [3.63, 3.8) is 0 Å². The first-order chi connectivity index (χ1) is 11.7. The summed E-state index contributed by atoms with van der Waals surface area (Å²) in [5, 5.41) is 19.0. The first kappa shape index (κ1) is 15.0. The predicted octanol–water partition coefficient (Wildman–Crippen LogP) is 2.02. The Kier molecular flexibility index (Phi) is 3.82. The minimum Gasteiger partial charge on any atom is -0.412 e. The van der Waals surface area contributed by atoms with Crippen LogP contribution in [0.25, 0.3) is 10.8 Å². The number of aromatic amines is 1. The standard InChI is InChI=1S/C18H20N4O2/c23-18-15-2-1-12(9-14(15)5-8-20-18)10-17-16(11-22(24)21-17)13-3-6-19-7-4-13/h1-2,5,8-9,11,13,19,24H,3-4,6-7,10H2,(H,20,23). The number of nitrogens with one attached hydrogen (secondary N) is 2. The minimum absolute atomic E-state index is 0.0749. The molecule has 0 unspecified atom stereocenters. The molecule has 4 rings (SSSR count). The zero-order valence-electron chi connectivity index (χ0n) is 13.3. The fraction of sp³-hybridized carbons (Fsp3) is 0.333. The summed E-state index contributed by atoms with van der Waals surface area (Å²) in [4.78, 5) is 15.4. The molecule has 3 N–H and O–H groups in total. The van der Waals surface area contributed by atoms with Crippen LogP contribution in [-0.2, 0) is 6.42 Å². The highest BCUT2D eigenvalue weighted by Gasteiger charge is 2.21. The molecule has 0 radical (unpaired) electrons. The fourth-order valence-electron chi connectivity index (χ4n) is 3.57. The van der Waals surface area contributed by atoms with Crippen LogP contribution in [0, 0.1) is 0 Å². The Balaban J connectivity index is 1.67. The zero-order chi connectivity index (χ0) is 16.5. The molecule has 0 bridgehead atoms. The normalized spacial score (nSPS) is 15.8. The van der Waals surface area contributed by atoms with Crippen molar-refractivity contribution in [2.45, 2.75) is 25.2 Å². The maximum Gasteiger partial charge on any atom is 0.255 e. The summed E-state index contributed by atoms with van der Waals surface area (Å²) in [7, 11) is 0. The summed E-state index contributed by atoms with van der Waals surface area (Å²) in [6, 6.07) is 7.73. The van der Waals surface area contributed by atoms with Crippen molar-refractivity contribution in [2.75, 3.05) is 13.1 Å². The number of hydrogen-bond donors (Lipinski definition) is 3. The van der Waals surface area contributed by atoms with Gasteiger partial charge >= 0.3 is 0 Å². The molecule has 6 nitrogen and oxygen atoms in total. The van der Waals surface area contributed by atoms with E-state index in [0.717, 1.165) is 53.0 Å². The number of nitrogens with zero attached hydrogens (tertiary/aromatic N) is 2. The van der Waals surface area contributed by atoms with E-state index in [1.165, 1.54) is 0 Å². The van der Waals surface area contributed by atoms with E-state index in [9.17, 15) is 10.0 Å². The SMILES string of the molecule is O=c1[nH]ccc2cc(Cc3nn(O)cc3C3CCNCC3)ccc12. The van der Waals surface area contributed by atoms with E-state index in [4.69, 9.17) is 0 Å². The van der Waals surface area contributed by atoms with Gasteiger partial charge in [-0.2, -0.15) is 0 Å². The van der Waals surface area contributed by atoms with E-state index in [-0.39, 0.29) is 5.56 Å². The van der Waals surface area contributed by atoms with Crippen molar-refractivity contribution in [3.05, 3.63) is 63.8 Å². The van der Waals surface area contributed by atoms with Gasteiger partial charge in [-0.3, -0.25) is 4.79 Å². The molecule has 0 atom stereocenters. The lowest BCUT2D eigenvalue weighted by Crippen LogP contribution is -2.26. The van der Waals surface area contributed by atoms with E-state index in [1.54, 1.807) is 12.4 Å². The van der Waals surface area contributed by atoms with Gasteiger partial charge in [-0.1, -0.05) is 12.1 Å². The quantitative estimate of drug-likeness (QED) is 0.644. The highest BCUT2D eigenvalue weighted by Crippen LogP contribution is 2.29. The lowest BCUT2D eigenvalue weighted by Gasteiger charge is -2.22. The van der Waals surface area contributed by atoms with Crippen molar-refractivity contribution in [3.8, 4) is 0 Å². The van der Waals surface area contributed by atoms with Gasteiger partial charge in [0.25, 0.3) is 5.56 Å². The predicted molar refractivity (Wildman–Crippen MR) is 91.6 cm³/mol. The third-order valence-corrected chi connectivity index (χ3v) is 4.80. The molecule has 0 spiro atoms. The average molecular weight is 324 g/mol. The van der Waals surface area contributed by atoms with Crippen LogP contribution in [0.3, 0.4) is 0 Å². The molecule has 0 aliphatic carbocycles. The molecule has 6 heteroatoms. The van der Waals surface area contributed by atoms with Gasteiger partial charge < -0.3 is 15.5 Å². The Labute approximate surface area is 139 Å². The van der Waals surface area contributed by atoms with Gasteiger partial charge in [0.15, 0.2) is 0 Å². The summed E-state index contributed by atoms with van der Waals surface area (Å²) in [6.07, 6.45) is 6.17. The summed E-state index contributed by atoms with van der Waals surface area (Å²) >= 11 is 0. The van der Waals surface area contributed by atoms with Crippen LogP contribution < -0.4 is 10.9 Å². The van der Waals surface area contributed by atoms with Crippen LogP contribution in [0.15, 0.2) is 41.5 Å². The maximum absolute atomic E-state index is 11.8. The number of piperidine rings is 1.